The first-order chi connectivity index (χ1) is 12.3. The highest BCUT2D eigenvalue weighted by Gasteiger charge is 2.20. The summed E-state index contributed by atoms with van der Waals surface area (Å²) < 4.78 is 28.0. The summed E-state index contributed by atoms with van der Waals surface area (Å²) in [6.07, 6.45) is -2.65. The topological polar surface area (TPSA) is 59.8 Å². The van der Waals surface area contributed by atoms with E-state index in [2.05, 4.69) is 15.4 Å². The Balaban J connectivity index is 1.91. The molecule has 3 rings (SSSR count). The number of nitrogens with zero attached hydrogens (tertiary/aromatic N) is 3. The zero-order chi connectivity index (χ0) is 19.0. The summed E-state index contributed by atoms with van der Waals surface area (Å²) in [4.78, 5) is 16.6. The molecule has 0 radical (unpaired) electrons. The van der Waals surface area contributed by atoms with Crippen molar-refractivity contribution in [1.82, 2.24) is 14.8 Å². The Morgan fingerprint density at radius 1 is 1.23 bits per heavy atom. The van der Waals surface area contributed by atoms with E-state index in [1.165, 1.54) is 16.8 Å². The van der Waals surface area contributed by atoms with Gasteiger partial charge in [0.05, 0.1) is 21.1 Å². The Morgan fingerprint density at radius 3 is 2.62 bits per heavy atom. The fourth-order valence-corrected chi connectivity index (χ4v) is 3.01. The van der Waals surface area contributed by atoms with Crippen molar-refractivity contribution < 1.29 is 13.6 Å². The predicted octanol–water partition coefficient (Wildman–Crippen LogP) is 4.93. The van der Waals surface area contributed by atoms with Crippen LogP contribution < -0.4 is 5.32 Å². The first-order valence-corrected chi connectivity index (χ1v) is 8.39. The van der Waals surface area contributed by atoms with Gasteiger partial charge in [0.15, 0.2) is 5.65 Å². The maximum atomic E-state index is 13.3. The fraction of sp³-hybridized carbons (Fsp3) is 0.235. The molecule has 2 aromatic heterocycles. The molecule has 0 spiro atoms. The molecule has 0 unspecified atom stereocenters. The zero-order valence-electron chi connectivity index (χ0n) is 13.9. The zero-order valence-corrected chi connectivity index (χ0v) is 15.4. The van der Waals surface area contributed by atoms with Crippen molar-refractivity contribution in [2.24, 2.45) is 0 Å². The van der Waals surface area contributed by atoms with Crippen LogP contribution in [-0.2, 0) is 11.3 Å². The molecule has 2 heterocycles. The van der Waals surface area contributed by atoms with Crippen LogP contribution in [0, 0.1) is 13.8 Å². The summed E-state index contributed by atoms with van der Waals surface area (Å²) in [6.45, 7) is 3.05. The lowest BCUT2D eigenvalue weighted by Gasteiger charge is -2.08. The van der Waals surface area contributed by atoms with Crippen LogP contribution in [0.1, 0.15) is 23.4 Å². The quantitative estimate of drug-likeness (QED) is 0.677. The van der Waals surface area contributed by atoms with E-state index in [0.717, 1.165) is 0 Å². The van der Waals surface area contributed by atoms with Crippen molar-refractivity contribution in [2.75, 3.05) is 5.32 Å². The SMILES string of the molecule is Cc1cc(C(F)F)c2c(C)nn(CC(=O)Nc3ccc(Cl)c(Cl)c3)c2n1. The van der Waals surface area contributed by atoms with Gasteiger partial charge in [-0.1, -0.05) is 23.2 Å². The van der Waals surface area contributed by atoms with E-state index < -0.39 is 12.3 Å². The summed E-state index contributed by atoms with van der Waals surface area (Å²) in [5.41, 5.74) is 1.40. The molecule has 0 aliphatic carbocycles. The molecule has 0 fully saturated rings. The summed E-state index contributed by atoms with van der Waals surface area (Å²) in [7, 11) is 0. The highest BCUT2D eigenvalue weighted by atomic mass is 35.5. The van der Waals surface area contributed by atoms with Gasteiger partial charge in [0.25, 0.3) is 6.43 Å². The van der Waals surface area contributed by atoms with Crippen molar-refractivity contribution in [3.05, 3.63) is 51.3 Å². The summed E-state index contributed by atoms with van der Waals surface area (Å²) in [5, 5.41) is 7.82. The molecule has 3 aromatic rings. The summed E-state index contributed by atoms with van der Waals surface area (Å²) >= 11 is 11.8. The molecular weight excluding hydrogens is 385 g/mol. The first-order valence-electron chi connectivity index (χ1n) is 7.64. The molecule has 136 valence electrons. The van der Waals surface area contributed by atoms with Gasteiger partial charge in [-0.2, -0.15) is 5.10 Å². The van der Waals surface area contributed by atoms with Crippen molar-refractivity contribution >= 4 is 45.8 Å². The van der Waals surface area contributed by atoms with E-state index in [1.807, 2.05) is 0 Å². The van der Waals surface area contributed by atoms with E-state index in [-0.39, 0.29) is 23.1 Å². The number of fused-ring (bicyclic) bond motifs is 1. The number of carbonyl (C=O) groups is 1. The van der Waals surface area contributed by atoms with Gasteiger partial charge in [-0.15, -0.1) is 0 Å². The molecule has 0 aliphatic heterocycles. The smallest absolute Gasteiger partial charge is 0.264 e. The van der Waals surface area contributed by atoms with Gasteiger partial charge in [-0.3, -0.25) is 4.79 Å². The maximum Gasteiger partial charge on any atom is 0.264 e. The Bertz CT molecular complexity index is 1000. The van der Waals surface area contributed by atoms with Crippen LogP contribution in [0.15, 0.2) is 24.3 Å². The van der Waals surface area contributed by atoms with Crippen molar-refractivity contribution in [3.8, 4) is 0 Å². The number of carbonyl (C=O) groups excluding carboxylic acids is 1. The number of aryl methyl sites for hydroxylation is 2. The van der Waals surface area contributed by atoms with Gasteiger partial charge in [0.1, 0.15) is 6.54 Å². The monoisotopic (exact) mass is 398 g/mol. The van der Waals surface area contributed by atoms with E-state index >= 15 is 0 Å². The largest absolute Gasteiger partial charge is 0.324 e. The van der Waals surface area contributed by atoms with Crippen LogP contribution in [0.3, 0.4) is 0 Å². The van der Waals surface area contributed by atoms with Crippen LogP contribution >= 0.6 is 23.2 Å². The highest BCUT2D eigenvalue weighted by molar-refractivity contribution is 6.42. The molecule has 1 N–H and O–H groups in total. The maximum absolute atomic E-state index is 13.3. The predicted molar refractivity (Wildman–Crippen MR) is 97.1 cm³/mol. The van der Waals surface area contributed by atoms with Crippen LogP contribution in [0.4, 0.5) is 14.5 Å². The van der Waals surface area contributed by atoms with Crippen LogP contribution in [-0.4, -0.2) is 20.7 Å². The van der Waals surface area contributed by atoms with Gasteiger partial charge in [0.2, 0.25) is 5.91 Å². The third-order valence-electron chi connectivity index (χ3n) is 3.77. The number of halogens is 4. The second-order valence-corrected chi connectivity index (χ2v) is 6.59. The number of aromatic nitrogens is 3. The minimum atomic E-state index is -2.65. The minimum Gasteiger partial charge on any atom is -0.324 e. The molecule has 1 amide bonds. The molecule has 0 saturated carbocycles. The first kappa shape index (κ1) is 18.5. The highest BCUT2D eigenvalue weighted by Crippen LogP contribution is 2.30. The number of benzene rings is 1. The van der Waals surface area contributed by atoms with E-state index in [0.29, 0.717) is 27.1 Å². The molecule has 0 saturated heterocycles. The van der Waals surface area contributed by atoms with Crippen molar-refractivity contribution in [2.45, 2.75) is 26.8 Å². The number of hydrogen-bond acceptors (Lipinski definition) is 3. The number of amides is 1. The molecule has 9 heteroatoms. The van der Waals surface area contributed by atoms with Crippen molar-refractivity contribution in [1.29, 1.82) is 0 Å². The minimum absolute atomic E-state index is 0.138. The molecule has 1 aromatic carbocycles. The normalized spacial score (nSPS) is 11.3. The summed E-state index contributed by atoms with van der Waals surface area (Å²) in [6, 6.07) is 6.02. The fourth-order valence-electron chi connectivity index (χ4n) is 2.71. The third-order valence-corrected chi connectivity index (χ3v) is 4.51. The average molecular weight is 399 g/mol. The average Bonchev–Trinajstić information content (AvgIpc) is 2.85. The number of rotatable bonds is 4. The van der Waals surface area contributed by atoms with E-state index in [9.17, 15) is 13.6 Å². The van der Waals surface area contributed by atoms with Crippen LogP contribution in [0.25, 0.3) is 11.0 Å². The number of alkyl halides is 2. The third kappa shape index (κ3) is 3.64. The van der Waals surface area contributed by atoms with Gasteiger partial charge >= 0.3 is 0 Å². The Kier molecular flexibility index (Phi) is 5.11. The second-order valence-electron chi connectivity index (χ2n) is 5.77. The number of pyridine rings is 1. The number of nitrogens with one attached hydrogen (secondary N) is 1. The lowest BCUT2D eigenvalue weighted by Crippen LogP contribution is -2.20. The Morgan fingerprint density at radius 2 is 1.96 bits per heavy atom. The molecule has 26 heavy (non-hydrogen) atoms. The van der Waals surface area contributed by atoms with Gasteiger partial charge in [-0.25, -0.2) is 18.4 Å². The Hall–Kier alpha value is -2.25. The van der Waals surface area contributed by atoms with Gasteiger partial charge in [-0.05, 0) is 38.1 Å². The van der Waals surface area contributed by atoms with E-state index in [4.69, 9.17) is 23.2 Å². The summed E-state index contributed by atoms with van der Waals surface area (Å²) in [5.74, 6) is -0.394. The van der Waals surface area contributed by atoms with Crippen LogP contribution in [0.2, 0.25) is 10.0 Å². The molecule has 0 aliphatic rings. The van der Waals surface area contributed by atoms with Crippen LogP contribution in [0.5, 0.6) is 0 Å². The standard InChI is InChI=1S/C17H14Cl2F2N4O/c1-8-5-11(16(20)21)15-9(2)24-25(17(15)22-8)7-14(26)23-10-3-4-12(18)13(19)6-10/h3-6,16H,7H2,1-2H3,(H,23,26). The molecule has 0 atom stereocenters. The number of anilines is 1. The van der Waals surface area contributed by atoms with Crippen molar-refractivity contribution in [3.63, 3.8) is 0 Å². The van der Waals surface area contributed by atoms with Gasteiger partial charge in [0, 0.05) is 16.9 Å². The molecule has 5 nitrogen and oxygen atoms in total. The number of hydrogen-bond donors (Lipinski definition) is 1. The van der Waals surface area contributed by atoms with E-state index in [1.54, 1.807) is 26.0 Å². The second kappa shape index (κ2) is 7.17. The molecule has 0 bridgehead atoms. The lowest BCUT2D eigenvalue weighted by atomic mass is 10.1. The Labute approximate surface area is 157 Å². The van der Waals surface area contributed by atoms with Gasteiger partial charge < -0.3 is 5.32 Å². The molecular formula is C17H14Cl2F2N4O. The lowest BCUT2D eigenvalue weighted by molar-refractivity contribution is -0.116.